The van der Waals surface area contributed by atoms with Crippen LogP contribution in [0.4, 0.5) is 8.78 Å². The van der Waals surface area contributed by atoms with Crippen molar-refractivity contribution in [2.75, 3.05) is 20.6 Å². The van der Waals surface area contributed by atoms with E-state index in [9.17, 15) is 13.9 Å². The smallest absolute Gasteiger partial charge is 0.126 e. The average molecular weight is 389 g/mol. The summed E-state index contributed by atoms with van der Waals surface area (Å²) in [5.41, 5.74) is 1.25. The highest BCUT2D eigenvalue weighted by atomic mass is 19.1. The second-order valence-corrected chi connectivity index (χ2v) is 8.18. The second-order valence-electron chi connectivity index (χ2n) is 8.18. The molecule has 0 saturated heterocycles. The van der Waals surface area contributed by atoms with Crippen molar-refractivity contribution in [1.82, 2.24) is 4.90 Å². The van der Waals surface area contributed by atoms with Crippen molar-refractivity contribution in [2.45, 2.75) is 44.5 Å². The minimum atomic E-state index is -1.00. The monoisotopic (exact) mass is 389 g/mol. The van der Waals surface area contributed by atoms with Crippen molar-refractivity contribution < 1.29 is 18.6 Å². The summed E-state index contributed by atoms with van der Waals surface area (Å²) < 4.78 is 32.9. The zero-order valence-electron chi connectivity index (χ0n) is 16.8. The van der Waals surface area contributed by atoms with Crippen molar-refractivity contribution >= 4 is 0 Å². The largest absolute Gasteiger partial charge is 0.385 e. The molecule has 1 saturated carbocycles. The van der Waals surface area contributed by atoms with Crippen molar-refractivity contribution in [2.24, 2.45) is 5.92 Å². The summed E-state index contributed by atoms with van der Waals surface area (Å²) in [5.74, 6) is -0.542. The van der Waals surface area contributed by atoms with Crippen LogP contribution in [-0.4, -0.2) is 36.8 Å². The Morgan fingerprint density at radius 3 is 2.50 bits per heavy atom. The first-order valence-corrected chi connectivity index (χ1v) is 9.77. The first kappa shape index (κ1) is 20.9. The molecule has 0 spiro atoms. The van der Waals surface area contributed by atoms with Crippen LogP contribution >= 0.6 is 0 Å². The number of ether oxygens (including phenoxy) is 1. The highest BCUT2D eigenvalue weighted by Gasteiger charge is 2.44. The van der Waals surface area contributed by atoms with E-state index in [2.05, 4.69) is 4.90 Å². The lowest BCUT2D eigenvalue weighted by Gasteiger charge is -2.44. The third kappa shape index (κ3) is 4.77. The van der Waals surface area contributed by atoms with Gasteiger partial charge in [0.2, 0.25) is 0 Å². The quantitative estimate of drug-likeness (QED) is 0.794. The summed E-state index contributed by atoms with van der Waals surface area (Å²) in [6.45, 7) is 2.86. The fraction of sp³-hybridized carbons (Fsp3) is 0.478. The molecule has 0 aliphatic heterocycles. The van der Waals surface area contributed by atoms with Gasteiger partial charge in [-0.3, -0.25) is 0 Å². The number of rotatable bonds is 6. The molecule has 0 aromatic heterocycles. The Morgan fingerprint density at radius 2 is 1.86 bits per heavy atom. The predicted octanol–water partition coefficient (Wildman–Crippen LogP) is 4.41. The van der Waals surface area contributed by atoms with Gasteiger partial charge in [-0.2, -0.15) is 0 Å². The van der Waals surface area contributed by atoms with Gasteiger partial charge in [0.15, 0.2) is 0 Å². The van der Waals surface area contributed by atoms with Gasteiger partial charge < -0.3 is 14.7 Å². The number of aliphatic hydroxyl groups is 1. The number of nitrogens with zero attached hydrogens (tertiary/aromatic N) is 1. The lowest BCUT2D eigenvalue weighted by Crippen LogP contribution is -2.46. The maximum Gasteiger partial charge on any atom is 0.126 e. The molecule has 3 atom stereocenters. The van der Waals surface area contributed by atoms with Crippen LogP contribution in [0.1, 0.15) is 36.0 Å². The summed E-state index contributed by atoms with van der Waals surface area (Å²) in [5, 5.41) is 11.6. The third-order valence-electron chi connectivity index (χ3n) is 5.71. The average Bonchev–Trinajstić information content (AvgIpc) is 2.65. The van der Waals surface area contributed by atoms with E-state index >= 15 is 0 Å². The Balaban J connectivity index is 1.73. The Kier molecular flexibility index (Phi) is 6.48. The van der Waals surface area contributed by atoms with E-state index in [-0.39, 0.29) is 23.7 Å². The highest BCUT2D eigenvalue weighted by molar-refractivity contribution is 5.30. The number of hydrogen-bond acceptors (Lipinski definition) is 3. The van der Waals surface area contributed by atoms with Gasteiger partial charge in [0.25, 0.3) is 0 Å². The molecule has 0 bridgehead atoms. The molecule has 0 radical (unpaired) electrons. The number of halogens is 2. The molecule has 3 unspecified atom stereocenters. The molecule has 3 nitrogen and oxygen atoms in total. The summed E-state index contributed by atoms with van der Waals surface area (Å²) >= 11 is 0. The Hall–Kier alpha value is -1.82. The Bertz CT molecular complexity index is 794. The number of hydrogen-bond donors (Lipinski definition) is 1. The van der Waals surface area contributed by atoms with Crippen molar-refractivity contribution in [3.63, 3.8) is 0 Å². The van der Waals surface area contributed by atoms with Gasteiger partial charge in [-0.05, 0) is 75.2 Å². The van der Waals surface area contributed by atoms with Gasteiger partial charge in [-0.1, -0.05) is 24.3 Å². The molecule has 1 aliphatic carbocycles. The molecular formula is C23H29F2NO2. The van der Waals surface area contributed by atoms with E-state index in [4.69, 9.17) is 4.74 Å². The predicted molar refractivity (Wildman–Crippen MR) is 106 cm³/mol. The number of aryl methyl sites for hydroxylation is 1. The first-order chi connectivity index (χ1) is 13.3. The lowest BCUT2D eigenvalue weighted by molar-refractivity contribution is -0.110. The van der Waals surface area contributed by atoms with Crippen LogP contribution in [-0.2, 0) is 16.9 Å². The molecule has 2 aromatic carbocycles. The summed E-state index contributed by atoms with van der Waals surface area (Å²) in [7, 11) is 3.97. The van der Waals surface area contributed by atoms with Gasteiger partial charge in [-0.15, -0.1) is 0 Å². The molecule has 1 N–H and O–H groups in total. The van der Waals surface area contributed by atoms with E-state index in [1.165, 1.54) is 18.2 Å². The first-order valence-electron chi connectivity index (χ1n) is 9.77. The van der Waals surface area contributed by atoms with Crippen LogP contribution in [0.15, 0.2) is 42.5 Å². The normalized spacial score (nSPS) is 25.2. The fourth-order valence-corrected chi connectivity index (χ4v) is 4.12. The van der Waals surface area contributed by atoms with Gasteiger partial charge in [0.05, 0.1) is 18.3 Å². The zero-order chi connectivity index (χ0) is 20.3. The Labute approximate surface area is 165 Å². The molecule has 0 amide bonds. The van der Waals surface area contributed by atoms with Gasteiger partial charge in [-0.25, -0.2) is 8.78 Å². The van der Waals surface area contributed by atoms with Crippen LogP contribution in [0.3, 0.4) is 0 Å². The highest BCUT2D eigenvalue weighted by Crippen LogP contribution is 2.43. The maximum atomic E-state index is 13.7. The molecule has 2 aromatic rings. The Morgan fingerprint density at radius 1 is 1.14 bits per heavy atom. The van der Waals surface area contributed by atoms with Gasteiger partial charge >= 0.3 is 0 Å². The van der Waals surface area contributed by atoms with Crippen molar-refractivity contribution in [3.05, 3.63) is 70.8 Å². The molecule has 28 heavy (non-hydrogen) atoms. The van der Waals surface area contributed by atoms with Crippen LogP contribution < -0.4 is 0 Å². The van der Waals surface area contributed by atoms with E-state index in [1.54, 1.807) is 31.2 Å². The lowest BCUT2D eigenvalue weighted by atomic mass is 9.70. The minimum Gasteiger partial charge on any atom is -0.385 e. The van der Waals surface area contributed by atoms with Crippen LogP contribution in [0.2, 0.25) is 0 Å². The fourth-order valence-electron chi connectivity index (χ4n) is 4.12. The standard InChI is InChI=1S/C23H29F2NO2/c1-16-12-18(6-9-22(16)25)23(27)11-10-21(13-19(23)14-26(2)3)28-15-17-4-7-20(24)8-5-17/h4-9,12,19,21,27H,10-11,13-15H2,1-3H3. The van der Waals surface area contributed by atoms with Gasteiger partial charge in [0, 0.05) is 12.5 Å². The SMILES string of the molecule is Cc1cc(C2(O)CCC(OCc3ccc(F)cc3)CC2CN(C)C)ccc1F. The summed E-state index contributed by atoms with van der Waals surface area (Å²) in [4.78, 5) is 2.06. The zero-order valence-corrected chi connectivity index (χ0v) is 16.8. The second kappa shape index (κ2) is 8.68. The molecule has 1 fully saturated rings. The van der Waals surface area contributed by atoms with E-state index in [1.807, 2.05) is 14.1 Å². The van der Waals surface area contributed by atoms with Crippen molar-refractivity contribution in [1.29, 1.82) is 0 Å². The van der Waals surface area contributed by atoms with E-state index in [0.717, 1.165) is 17.5 Å². The molecule has 0 heterocycles. The van der Waals surface area contributed by atoms with Crippen LogP contribution in [0.25, 0.3) is 0 Å². The summed E-state index contributed by atoms with van der Waals surface area (Å²) in [6, 6.07) is 11.2. The van der Waals surface area contributed by atoms with Crippen LogP contribution in [0, 0.1) is 24.5 Å². The van der Waals surface area contributed by atoms with Gasteiger partial charge in [0.1, 0.15) is 11.6 Å². The number of benzene rings is 2. The molecular weight excluding hydrogens is 360 g/mol. The topological polar surface area (TPSA) is 32.7 Å². The van der Waals surface area contributed by atoms with Crippen molar-refractivity contribution in [3.8, 4) is 0 Å². The third-order valence-corrected chi connectivity index (χ3v) is 5.71. The molecule has 3 rings (SSSR count). The summed E-state index contributed by atoms with van der Waals surface area (Å²) in [6.07, 6.45) is 2.02. The van der Waals surface area contributed by atoms with Crippen LogP contribution in [0.5, 0.6) is 0 Å². The van der Waals surface area contributed by atoms with E-state index < -0.39 is 5.60 Å². The maximum absolute atomic E-state index is 13.7. The van der Waals surface area contributed by atoms with E-state index in [0.29, 0.717) is 31.6 Å². The minimum absolute atomic E-state index is 0.0248. The molecule has 5 heteroatoms. The molecule has 1 aliphatic rings. The molecule has 152 valence electrons.